The van der Waals surface area contributed by atoms with Crippen molar-refractivity contribution in [3.8, 4) is 0 Å². The summed E-state index contributed by atoms with van der Waals surface area (Å²) >= 11 is 0. The number of hydrogen-bond acceptors (Lipinski definition) is 6. The molecule has 106 valence electrons. The monoisotopic (exact) mass is 275 g/mol. The van der Waals surface area contributed by atoms with Crippen molar-refractivity contribution in [1.82, 2.24) is 24.8 Å². The number of nitrogens with zero attached hydrogens (tertiary/aromatic N) is 4. The number of carbonyl (C=O) groups is 1. The number of likely N-dealkylation sites (tertiary alicyclic amines) is 1. The number of piperidine rings is 1. The summed E-state index contributed by atoms with van der Waals surface area (Å²) in [6.07, 6.45) is 3.53. The van der Waals surface area contributed by atoms with Crippen LogP contribution in [0.1, 0.15) is 19.8 Å². The molecular formula is C12H17N7O. The number of carbonyl (C=O) groups excluding carboxylic acids is 1. The third-order valence-electron chi connectivity index (χ3n) is 3.51. The van der Waals surface area contributed by atoms with Crippen LogP contribution >= 0.6 is 0 Å². The fourth-order valence-corrected chi connectivity index (χ4v) is 2.53. The normalized spacial score (nSPS) is 19.2. The van der Waals surface area contributed by atoms with E-state index < -0.39 is 0 Å². The predicted octanol–water partition coefficient (Wildman–Crippen LogP) is 0.358. The number of nitrogens with two attached hydrogens (primary N) is 1. The lowest BCUT2D eigenvalue weighted by molar-refractivity contribution is -0.129. The molecule has 1 unspecified atom stereocenters. The van der Waals surface area contributed by atoms with Gasteiger partial charge >= 0.3 is 0 Å². The van der Waals surface area contributed by atoms with E-state index >= 15 is 0 Å². The Kier molecular flexibility index (Phi) is 3.13. The third kappa shape index (κ3) is 2.36. The molecule has 0 spiro atoms. The minimum atomic E-state index is 0.102. The molecule has 8 heteroatoms. The standard InChI is InChI=1S/C12H17N7O/c1-7(20)19-4-2-3-8(5-19)16-11-9-10(15-6-14-9)17-12(13)18-11/h6,8H,2-5H2,1H3,(H4,13,14,15,16,17,18). The summed E-state index contributed by atoms with van der Waals surface area (Å²) in [4.78, 5) is 28.7. The van der Waals surface area contributed by atoms with Crippen molar-refractivity contribution in [3.63, 3.8) is 0 Å². The molecule has 20 heavy (non-hydrogen) atoms. The van der Waals surface area contributed by atoms with Crippen molar-refractivity contribution in [3.05, 3.63) is 6.33 Å². The Hall–Kier alpha value is -2.38. The number of aromatic nitrogens is 4. The Morgan fingerprint density at radius 2 is 2.40 bits per heavy atom. The number of amides is 1. The number of nitrogens with one attached hydrogen (secondary N) is 2. The molecule has 2 aromatic heterocycles. The van der Waals surface area contributed by atoms with Gasteiger partial charge in [0.1, 0.15) is 5.52 Å². The molecule has 8 nitrogen and oxygen atoms in total. The van der Waals surface area contributed by atoms with Gasteiger partial charge in [-0.25, -0.2) is 4.98 Å². The van der Waals surface area contributed by atoms with Gasteiger partial charge in [-0.2, -0.15) is 9.97 Å². The van der Waals surface area contributed by atoms with Crippen molar-refractivity contribution < 1.29 is 4.79 Å². The summed E-state index contributed by atoms with van der Waals surface area (Å²) < 4.78 is 0. The zero-order valence-electron chi connectivity index (χ0n) is 11.3. The van der Waals surface area contributed by atoms with E-state index in [-0.39, 0.29) is 17.9 Å². The number of H-pyrrole nitrogens is 1. The number of aromatic amines is 1. The SMILES string of the molecule is CC(=O)N1CCCC(Nc2nc(N)nc3nc[nH]c23)C1. The molecule has 1 aliphatic heterocycles. The second kappa shape index (κ2) is 4.95. The second-order valence-electron chi connectivity index (χ2n) is 4.98. The highest BCUT2D eigenvalue weighted by molar-refractivity contribution is 5.83. The maximum atomic E-state index is 11.5. The Morgan fingerprint density at radius 1 is 1.55 bits per heavy atom. The summed E-state index contributed by atoms with van der Waals surface area (Å²) in [6, 6.07) is 0.161. The van der Waals surface area contributed by atoms with Gasteiger partial charge < -0.3 is 20.9 Å². The van der Waals surface area contributed by atoms with Crippen LogP contribution in [0.2, 0.25) is 0 Å². The summed E-state index contributed by atoms with van der Waals surface area (Å²) in [5.41, 5.74) is 6.96. The predicted molar refractivity (Wildman–Crippen MR) is 75.0 cm³/mol. The Morgan fingerprint density at radius 3 is 3.20 bits per heavy atom. The van der Waals surface area contributed by atoms with E-state index in [0.29, 0.717) is 18.0 Å². The molecule has 4 N–H and O–H groups in total. The maximum Gasteiger partial charge on any atom is 0.224 e. The summed E-state index contributed by atoms with van der Waals surface area (Å²) in [6.45, 7) is 3.09. The van der Waals surface area contributed by atoms with E-state index in [2.05, 4.69) is 25.3 Å². The lowest BCUT2D eigenvalue weighted by Gasteiger charge is -2.32. The molecule has 1 amide bonds. The number of fused-ring (bicyclic) bond motifs is 1. The first-order valence-electron chi connectivity index (χ1n) is 6.62. The van der Waals surface area contributed by atoms with Crippen LogP contribution in [0.4, 0.5) is 11.8 Å². The topological polar surface area (TPSA) is 113 Å². The lowest BCUT2D eigenvalue weighted by atomic mass is 10.1. The molecule has 0 saturated carbocycles. The summed E-state index contributed by atoms with van der Waals surface area (Å²) in [7, 11) is 0. The zero-order valence-corrected chi connectivity index (χ0v) is 11.3. The molecule has 0 aliphatic carbocycles. The molecule has 1 atom stereocenters. The number of imidazole rings is 1. The first-order chi connectivity index (χ1) is 9.63. The number of rotatable bonds is 2. The molecular weight excluding hydrogens is 258 g/mol. The van der Waals surface area contributed by atoms with E-state index in [4.69, 9.17) is 5.73 Å². The van der Waals surface area contributed by atoms with Crippen LogP contribution in [-0.2, 0) is 4.79 Å². The summed E-state index contributed by atoms with van der Waals surface area (Å²) in [5, 5.41) is 3.34. The van der Waals surface area contributed by atoms with E-state index in [1.54, 1.807) is 13.3 Å². The second-order valence-corrected chi connectivity index (χ2v) is 4.98. The van der Waals surface area contributed by atoms with Gasteiger partial charge in [0.15, 0.2) is 11.5 Å². The Bertz CT molecular complexity index is 638. The number of anilines is 2. The average molecular weight is 275 g/mol. The van der Waals surface area contributed by atoms with Gasteiger partial charge in [0, 0.05) is 26.1 Å². The molecule has 1 saturated heterocycles. The van der Waals surface area contributed by atoms with Gasteiger partial charge in [0.05, 0.1) is 6.33 Å². The van der Waals surface area contributed by atoms with E-state index in [0.717, 1.165) is 24.9 Å². The van der Waals surface area contributed by atoms with E-state index in [9.17, 15) is 4.79 Å². The molecule has 1 aliphatic rings. The number of nitrogen functional groups attached to an aromatic ring is 1. The molecule has 0 bridgehead atoms. The average Bonchev–Trinajstić information content (AvgIpc) is 2.87. The molecule has 1 fully saturated rings. The van der Waals surface area contributed by atoms with Gasteiger partial charge in [-0.1, -0.05) is 0 Å². The third-order valence-corrected chi connectivity index (χ3v) is 3.51. The highest BCUT2D eigenvalue weighted by Gasteiger charge is 2.22. The van der Waals surface area contributed by atoms with Crippen LogP contribution in [0.5, 0.6) is 0 Å². The molecule has 2 aromatic rings. The van der Waals surface area contributed by atoms with Crippen LogP contribution in [0.3, 0.4) is 0 Å². The quantitative estimate of drug-likeness (QED) is 0.729. The van der Waals surface area contributed by atoms with Crippen molar-refractivity contribution in [1.29, 1.82) is 0 Å². The van der Waals surface area contributed by atoms with Gasteiger partial charge in [0.25, 0.3) is 0 Å². The van der Waals surface area contributed by atoms with Crippen LogP contribution in [-0.4, -0.2) is 49.9 Å². The molecule has 3 rings (SSSR count). The van der Waals surface area contributed by atoms with Gasteiger partial charge in [-0.05, 0) is 12.8 Å². The van der Waals surface area contributed by atoms with Crippen molar-refractivity contribution >= 4 is 28.8 Å². The van der Waals surface area contributed by atoms with Gasteiger partial charge in [0.2, 0.25) is 11.9 Å². The van der Waals surface area contributed by atoms with Gasteiger partial charge in [-0.3, -0.25) is 4.79 Å². The van der Waals surface area contributed by atoms with E-state index in [1.165, 1.54) is 0 Å². The van der Waals surface area contributed by atoms with Crippen LogP contribution in [0.25, 0.3) is 11.2 Å². The van der Waals surface area contributed by atoms with Gasteiger partial charge in [-0.15, -0.1) is 0 Å². The summed E-state index contributed by atoms with van der Waals surface area (Å²) in [5.74, 6) is 0.928. The molecule has 0 aromatic carbocycles. The maximum absolute atomic E-state index is 11.5. The number of hydrogen-bond donors (Lipinski definition) is 3. The fraction of sp³-hybridized carbons (Fsp3) is 0.500. The minimum absolute atomic E-state index is 0.102. The van der Waals surface area contributed by atoms with Crippen LogP contribution < -0.4 is 11.1 Å². The Balaban J connectivity index is 1.82. The van der Waals surface area contributed by atoms with Crippen LogP contribution in [0, 0.1) is 0 Å². The first-order valence-corrected chi connectivity index (χ1v) is 6.62. The zero-order chi connectivity index (χ0) is 14.1. The Labute approximate surface area is 115 Å². The largest absolute Gasteiger partial charge is 0.368 e. The molecule has 3 heterocycles. The van der Waals surface area contributed by atoms with Crippen molar-refractivity contribution in [2.75, 3.05) is 24.1 Å². The fourth-order valence-electron chi connectivity index (χ4n) is 2.53. The molecule has 0 radical (unpaired) electrons. The minimum Gasteiger partial charge on any atom is -0.368 e. The van der Waals surface area contributed by atoms with Crippen molar-refractivity contribution in [2.45, 2.75) is 25.8 Å². The first kappa shape index (κ1) is 12.6. The van der Waals surface area contributed by atoms with Crippen LogP contribution in [0.15, 0.2) is 6.33 Å². The lowest BCUT2D eigenvalue weighted by Crippen LogP contribution is -2.44. The highest BCUT2D eigenvalue weighted by atomic mass is 16.2. The van der Waals surface area contributed by atoms with Crippen molar-refractivity contribution in [2.24, 2.45) is 0 Å². The van der Waals surface area contributed by atoms with E-state index in [1.807, 2.05) is 4.90 Å². The smallest absolute Gasteiger partial charge is 0.224 e. The highest BCUT2D eigenvalue weighted by Crippen LogP contribution is 2.21.